The van der Waals surface area contributed by atoms with Crippen molar-refractivity contribution >= 4 is 325 Å². The Balaban J connectivity index is 0.000000372. The van der Waals surface area contributed by atoms with Crippen molar-refractivity contribution in [2.45, 2.75) is 240 Å². The molecule has 2 radical (unpaired) electrons. The van der Waals surface area contributed by atoms with E-state index in [1.165, 1.54) is 77.0 Å². The molecule has 0 aromatic rings. The fraction of sp³-hybridized carbons (Fsp3) is 1.00. The second-order valence-corrected chi connectivity index (χ2v) is 40.1. The molecule has 590 valence electrons. The number of hydrogen-bond donors (Lipinski definition) is 4. The summed E-state index contributed by atoms with van der Waals surface area (Å²) in [6, 6.07) is 0. The summed E-state index contributed by atoms with van der Waals surface area (Å²) in [5.41, 5.74) is 0. The molecule has 6 saturated carbocycles. The first-order chi connectivity index (χ1) is 45.1. The zero-order valence-electron chi connectivity index (χ0n) is 52.0. The third-order valence-electron chi connectivity index (χ3n) is 19.9. The van der Waals surface area contributed by atoms with Gasteiger partial charge >= 0.3 is 0 Å². The van der Waals surface area contributed by atoms with Gasteiger partial charge in [0.15, 0.2) is 12.6 Å². The van der Waals surface area contributed by atoms with Crippen LogP contribution in [0.25, 0.3) is 21.3 Å². The second-order valence-electron chi connectivity index (χ2n) is 26.0. The maximum absolute atomic E-state index is 9.93. The summed E-state index contributed by atoms with van der Waals surface area (Å²) in [4.78, 5) is 0. The molecule has 0 aromatic heterocycles. The van der Waals surface area contributed by atoms with E-state index in [-0.39, 0.29) is 34.1 Å². The van der Waals surface area contributed by atoms with E-state index in [0.717, 1.165) is 52.4 Å². The molecule has 4 N–H and O–H groups in total. The van der Waals surface area contributed by atoms with Gasteiger partial charge in [-0.1, -0.05) is 77.0 Å². The van der Waals surface area contributed by atoms with Gasteiger partial charge in [-0.15, -0.1) is 377 Å². The third-order valence-corrected chi connectivity index (χ3v) is 37.9. The number of halogens is 28. The fourth-order valence-electron chi connectivity index (χ4n) is 14.6. The quantitative estimate of drug-likeness (QED) is 0.109. The predicted octanol–water partition coefficient (Wildman–Crippen LogP) is 22.0. The van der Waals surface area contributed by atoms with Crippen LogP contribution in [0.5, 0.6) is 0 Å². The first-order valence-electron chi connectivity index (χ1n) is 32.3. The molecule has 10 aliphatic rings. The van der Waals surface area contributed by atoms with Crippen LogP contribution in [0.1, 0.15) is 77.0 Å². The minimum atomic E-state index is -1.86. The van der Waals surface area contributed by atoms with Gasteiger partial charge in [0.1, 0.15) is 0 Å². The van der Waals surface area contributed by atoms with Crippen molar-refractivity contribution in [3.8, 4) is 0 Å². The first-order valence-corrected chi connectivity index (χ1v) is 44.6. The van der Waals surface area contributed by atoms with Crippen LogP contribution in [-0.4, -0.2) is 236 Å². The van der Waals surface area contributed by atoms with Gasteiger partial charge in [-0.05, 0) is 47.3 Å². The molecule has 10 rings (SSSR count). The Morgan fingerprint density at radius 2 is 0.265 bits per heavy atom. The topological polar surface area (TPSA) is 137 Å². The molecule has 4 heterocycles. The number of aliphatic hydroxyl groups is 4. The fourth-order valence-corrected chi connectivity index (χ4v) is 27.6. The molecular formula is C60H84Cl28Cu2N4O4-4. The van der Waals surface area contributed by atoms with Crippen LogP contribution in [0, 0.1) is 59.2 Å². The number of nitrogens with zero attached hydrogens (tertiary/aromatic N) is 4. The van der Waals surface area contributed by atoms with Gasteiger partial charge in [0.25, 0.3) is 0 Å². The number of piperidine rings is 4. The summed E-state index contributed by atoms with van der Waals surface area (Å²) in [6.45, 7) is 9.00. The Hall–Kier alpha value is 8.84. The van der Waals surface area contributed by atoms with Gasteiger partial charge < -0.3 is 41.7 Å². The summed E-state index contributed by atoms with van der Waals surface area (Å²) in [7, 11) is 0. The van der Waals surface area contributed by atoms with Crippen molar-refractivity contribution < 1.29 is 54.6 Å². The van der Waals surface area contributed by atoms with Crippen molar-refractivity contribution in [2.75, 3.05) is 52.4 Å². The molecule has 38 heteroatoms. The van der Waals surface area contributed by atoms with Gasteiger partial charge in [-0.2, -0.15) is 0 Å². The normalized spacial score (nSPS) is 48.2. The van der Waals surface area contributed by atoms with Gasteiger partial charge in [-0.25, -0.2) is 0 Å². The number of hydrogen-bond acceptors (Lipinski definition) is 4. The van der Waals surface area contributed by atoms with Crippen molar-refractivity contribution in [1.82, 2.24) is 0 Å². The average molecular weight is 2050 g/mol. The van der Waals surface area contributed by atoms with Crippen LogP contribution in [0.4, 0.5) is 0 Å². The summed E-state index contributed by atoms with van der Waals surface area (Å²) < 4.78 is 0. The molecule has 8 nitrogen and oxygen atoms in total. The van der Waals surface area contributed by atoms with E-state index < -0.39 is 222 Å². The average Bonchev–Trinajstić information content (AvgIpc) is 0.735. The molecule has 98 heavy (non-hydrogen) atoms. The van der Waals surface area contributed by atoms with Crippen molar-refractivity contribution in [3.63, 3.8) is 0 Å². The maximum atomic E-state index is 9.93. The maximum Gasteiger partial charge on any atom is 0.157 e. The van der Waals surface area contributed by atoms with Crippen molar-refractivity contribution in [1.29, 1.82) is 0 Å². The minimum absolute atomic E-state index is 0. The Kier molecular flexibility index (Phi) is 51.3. The molecule has 0 spiro atoms. The van der Waals surface area contributed by atoms with Gasteiger partial charge in [-0.3, -0.25) is 0 Å². The Labute approximate surface area is 742 Å². The Bertz CT molecular complexity index is 1800. The number of alkyl halides is 28. The van der Waals surface area contributed by atoms with Crippen LogP contribution in [-0.2, 0) is 34.1 Å². The smallest absolute Gasteiger partial charge is 0.157 e. The van der Waals surface area contributed by atoms with E-state index in [2.05, 4.69) is 21.3 Å². The van der Waals surface area contributed by atoms with E-state index in [4.69, 9.17) is 325 Å². The molecule has 6 aliphatic carbocycles. The molecule has 24 atom stereocenters. The van der Waals surface area contributed by atoms with E-state index in [9.17, 15) is 20.4 Å². The summed E-state index contributed by atoms with van der Waals surface area (Å²) in [6.07, 6.45) is 12.6. The Morgan fingerprint density at radius 3 is 0.357 bits per heavy atom. The Morgan fingerprint density at radius 1 is 0.163 bits per heavy atom. The van der Waals surface area contributed by atoms with Gasteiger partial charge in [0.2, 0.25) is 0 Å². The molecule has 10 fully saturated rings. The van der Waals surface area contributed by atoms with Crippen LogP contribution < -0.4 is 0 Å². The number of aliphatic hydroxyl groups excluding tert-OH is 2. The van der Waals surface area contributed by atoms with Crippen LogP contribution >= 0.6 is 325 Å². The summed E-state index contributed by atoms with van der Waals surface area (Å²) >= 11 is 188. The van der Waals surface area contributed by atoms with E-state index >= 15 is 0 Å². The van der Waals surface area contributed by atoms with Crippen molar-refractivity contribution in [2.24, 2.45) is 59.2 Å². The number of rotatable bonds is 8. The second kappa shape index (κ2) is 49.8. The molecule has 0 bridgehead atoms. The SMILES string of the molecule is C1CC[N-]CC1.C1CC[N-]CC1.C1CC[N-]CC1.C1CC[N-]CC1.OC(O)C1C(Cl)C(Cl)C(C(C2C(Cl)C(Cl)C(Cl)C(Cl)C2Cl)C2C(Cl)C(Cl)C(Cl)C(Cl)C2Cl)C(Cl)C1Cl.OC(O)C1C(Cl)C(Cl)C(C(C2C(Cl)C(Cl)C(Cl)C(Cl)C2Cl)C2C(Cl)C(Cl)C(Cl)C(Cl)C2Cl)C(Cl)C1Cl.[Cu].[Cu]. The molecular weight excluding hydrogens is 1960 g/mol. The first kappa shape index (κ1) is 101. The summed E-state index contributed by atoms with van der Waals surface area (Å²) in [5.74, 6) is -7.81. The largest absolute Gasteiger partial charge is 0.662 e. The van der Waals surface area contributed by atoms with E-state index in [1.54, 1.807) is 0 Å². The predicted molar refractivity (Wildman–Crippen MR) is 429 cm³/mol. The minimum Gasteiger partial charge on any atom is -0.662 e. The third kappa shape index (κ3) is 25.9. The van der Waals surface area contributed by atoms with Crippen molar-refractivity contribution in [3.05, 3.63) is 21.3 Å². The standard InChI is InChI=1S/2C20H22Cl14O2.4C5H10N.2Cu/c2*21-6-2(7(22)13(28)5(12(6)27)20(35)36)1(3-8(23)14(29)18(33)15(30)9(3)24)4-10(25)16(31)19(34)17(32)11(4)26;4*1-2-4-6-5-3-1;;/h2*1-20,35-36H;4*1-5H2;;/q;;4*-1;;. The molecule has 0 aromatic carbocycles. The molecule has 24 unspecified atom stereocenters. The van der Waals surface area contributed by atoms with E-state index in [1.807, 2.05) is 0 Å². The van der Waals surface area contributed by atoms with Crippen LogP contribution in [0.3, 0.4) is 0 Å². The van der Waals surface area contributed by atoms with Crippen LogP contribution in [0.15, 0.2) is 0 Å². The van der Waals surface area contributed by atoms with Crippen LogP contribution in [0.2, 0.25) is 0 Å². The zero-order chi connectivity index (χ0) is 72.1. The van der Waals surface area contributed by atoms with E-state index in [0.29, 0.717) is 0 Å². The zero-order valence-corrected chi connectivity index (χ0v) is 75.0. The van der Waals surface area contributed by atoms with Gasteiger partial charge in [0, 0.05) is 46.0 Å². The molecule has 4 saturated heterocycles. The molecule has 0 amide bonds. The monoisotopic (exact) mass is 2030 g/mol. The summed E-state index contributed by atoms with van der Waals surface area (Å²) in [5, 5.41) is 32.7. The molecule has 4 aliphatic heterocycles. The van der Waals surface area contributed by atoms with Gasteiger partial charge in [0.05, 0.1) is 151 Å².